The van der Waals surface area contributed by atoms with Crippen LogP contribution in [0.15, 0.2) is 18.2 Å². The minimum absolute atomic E-state index is 0.114. The fourth-order valence-corrected chi connectivity index (χ4v) is 1.36. The van der Waals surface area contributed by atoms with Gasteiger partial charge in [-0.2, -0.15) is 0 Å². The van der Waals surface area contributed by atoms with Crippen LogP contribution in [0.4, 0.5) is 4.39 Å². The van der Waals surface area contributed by atoms with Gasteiger partial charge in [-0.25, -0.2) is 4.39 Å². The van der Waals surface area contributed by atoms with Crippen LogP contribution in [0.3, 0.4) is 0 Å². The van der Waals surface area contributed by atoms with Gasteiger partial charge < -0.3 is 10.6 Å². The van der Waals surface area contributed by atoms with Gasteiger partial charge in [-0.05, 0) is 24.6 Å². The molecule has 18 heavy (non-hydrogen) atoms. The van der Waals surface area contributed by atoms with Crippen LogP contribution in [0.1, 0.15) is 15.9 Å². The van der Waals surface area contributed by atoms with Gasteiger partial charge in [0.2, 0.25) is 5.91 Å². The van der Waals surface area contributed by atoms with Crippen LogP contribution in [0, 0.1) is 12.7 Å². The van der Waals surface area contributed by atoms with Crippen LogP contribution >= 0.6 is 11.6 Å². The molecule has 0 fully saturated rings. The van der Waals surface area contributed by atoms with Gasteiger partial charge in [0.25, 0.3) is 5.91 Å². The second-order valence-electron chi connectivity index (χ2n) is 3.70. The predicted molar refractivity (Wildman–Crippen MR) is 67.2 cm³/mol. The summed E-state index contributed by atoms with van der Waals surface area (Å²) in [7, 11) is 0. The van der Waals surface area contributed by atoms with E-state index in [2.05, 4.69) is 10.6 Å². The number of carbonyl (C=O) groups is 2. The molecule has 0 radical (unpaired) electrons. The first-order valence-corrected chi connectivity index (χ1v) is 5.95. The van der Waals surface area contributed by atoms with Gasteiger partial charge in [0.15, 0.2) is 0 Å². The number of halogens is 2. The highest BCUT2D eigenvalue weighted by Gasteiger charge is 2.07. The molecule has 0 aliphatic carbocycles. The molecule has 1 aromatic rings. The lowest BCUT2D eigenvalue weighted by Crippen LogP contribution is -2.35. The van der Waals surface area contributed by atoms with E-state index in [1.165, 1.54) is 6.07 Å². The highest BCUT2D eigenvalue weighted by atomic mass is 35.5. The maximum absolute atomic E-state index is 13.2. The van der Waals surface area contributed by atoms with Crippen molar-refractivity contribution in [2.75, 3.05) is 19.0 Å². The quantitative estimate of drug-likeness (QED) is 0.625. The standard InChI is InChI=1S/C12H14ClFN2O2/c1-8-2-3-9(6-10(8)14)12(18)16-5-4-15-11(17)7-13/h2-3,6H,4-5,7H2,1H3,(H,15,17)(H,16,18). The maximum atomic E-state index is 13.2. The SMILES string of the molecule is Cc1ccc(C(=O)NCCNC(=O)CCl)cc1F. The summed E-state index contributed by atoms with van der Waals surface area (Å²) in [4.78, 5) is 22.4. The Morgan fingerprint density at radius 2 is 1.94 bits per heavy atom. The van der Waals surface area contributed by atoms with E-state index in [1.54, 1.807) is 19.1 Å². The first kappa shape index (κ1) is 14.4. The van der Waals surface area contributed by atoms with Gasteiger partial charge in [0, 0.05) is 18.7 Å². The third-order valence-corrected chi connectivity index (χ3v) is 2.53. The van der Waals surface area contributed by atoms with E-state index in [1.807, 2.05) is 0 Å². The molecule has 0 saturated heterocycles. The molecule has 2 amide bonds. The molecule has 0 unspecified atom stereocenters. The zero-order valence-electron chi connectivity index (χ0n) is 9.93. The van der Waals surface area contributed by atoms with Crippen molar-refractivity contribution >= 4 is 23.4 Å². The lowest BCUT2D eigenvalue weighted by atomic mass is 10.1. The van der Waals surface area contributed by atoms with Gasteiger partial charge in [0.1, 0.15) is 11.7 Å². The van der Waals surface area contributed by atoms with E-state index in [0.29, 0.717) is 5.56 Å². The first-order chi connectivity index (χ1) is 8.54. The van der Waals surface area contributed by atoms with Crippen LogP contribution in [0.2, 0.25) is 0 Å². The third-order valence-electron chi connectivity index (χ3n) is 2.29. The number of aryl methyl sites for hydroxylation is 1. The van der Waals surface area contributed by atoms with Gasteiger partial charge in [-0.1, -0.05) is 6.07 Å². The summed E-state index contributed by atoms with van der Waals surface area (Å²) in [5, 5.41) is 5.06. The smallest absolute Gasteiger partial charge is 0.251 e. The highest BCUT2D eigenvalue weighted by molar-refractivity contribution is 6.27. The number of alkyl halides is 1. The average Bonchev–Trinajstić information content (AvgIpc) is 2.37. The summed E-state index contributed by atoms with van der Waals surface area (Å²) in [6, 6.07) is 4.27. The first-order valence-electron chi connectivity index (χ1n) is 5.41. The Bertz CT molecular complexity index is 452. The summed E-state index contributed by atoms with van der Waals surface area (Å²) in [5.41, 5.74) is 0.739. The molecule has 1 aromatic carbocycles. The molecule has 2 N–H and O–H groups in total. The average molecular weight is 273 g/mol. The molecule has 6 heteroatoms. The largest absolute Gasteiger partial charge is 0.353 e. The Labute approximate surface area is 110 Å². The number of hydrogen-bond donors (Lipinski definition) is 2. The minimum Gasteiger partial charge on any atom is -0.353 e. The number of rotatable bonds is 5. The van der Waals surface area contributed by atoms with Gasteiger partial charge in [0.05, 0.1) is 0 Å². The molecular formula is C12H14ClFN2O2. The lowest BCUT2D eigenvalue weighted by molar-refractivity contribution is -0.118. The molecule has 4 nitrogen and oxygen atoms in total. The van der Waals surface area contributed by atoms with Crippen molar-refractivity contribution in [1.82, 2.24) is 10.6 Å². The molecule has 0 aliphatic rings. The second kappa shape index (κ2) is 6.96. The van der Waals surface area contributed by atoms with E-state index in [0.717, 1.165) is 0 Å². The molecule has 0 aliphatic heterocycles. The summed E-state index contributed by atoms with van der Waals surface area (Å²) in [5.74, 6) is -1.21. The van der Waals surface area contributed by atoms with Gasteiger partial charge in [-0.3, -0.25) is 9.59 Å². The Morgan fingerprint density at radius 3 is 2.56 bits per heavy atom. The van der Waals surface area contributed by atoms with E-state index >= 15 is 0 Å². The Kier molecular flexibility index (Phi) is 5.58. The molecule has 0 heterocycles. The van der Waals surface area contributed by atoms with Crippen LogP contribution in [-0.4, -0.2) is 30.8 Å². The van der Waals surface area contributed by atoms with Crippen LogP contribution in [0.25, 0.3) is 0 Å². The van der Waals surface area contributed by atoms with Crippen molar-refractivity contribution in [2.24, 2.45) is 0 Å². The van der Waals surface area contributed by atoms with Crippen molar-refractivity contribution in [1.29, 1.82) is 0 Å². The Hall–Kier alpha value is -1.62. The molecule has 0 spiro atoms. The van der Waals surface area contributed by atoms with E-state index < -0.39 is 5.82 Å². The summed E-state index contributed by atoms with van der Waals surface area (Å²) >= 11 is 5.28. The summed E-state index contributed by atoms with van der Waals surface area (Å²) < 4.78 is 13.2. The van der Waals surface area contributed by atoms with E-state index in [9.17, 15) is 14.0 Å². The minimum atomic E-state index is -0.418. The number of amides is 2. The normalized spacial score (nSPS) is 9.94. The number of carbonyl (C=O) groups excluding carboxylic acids is 2. The van der Waals surface area contributed by atoms with Crippen molar-refractivity contribution < 1.29 is 14.0 Å². The van der Waals surface area contributed by atoms with Crippen LogP contribution in [0.5, 0.6) is 0 Å². The zero-order valence-corrected chi connectivity index (χ0v) is 10.7. The fraction of sp³-hybridized carbons (Fsp3) is 0.333. The van der Waals surface area contributed by atoms with Gasteiger partial charge in [-0.15, -0.1) is 11.6 Å². The molecular weight excluding hydrogens is 259 g/mol. The van der Waals surface area contributed by atoms with Gasteiger partial charge >= 0.3 is 0 Å². The summed E-state index contributed by atoms with van der Waals surface area (Å²) in [6.07, 6.45) is 0. The van der Waals surface area contributed by atoms with E-state index in [-0.39, 0.29) is 36.3 Å². The number of nitrogens with one attached hydrogen (secondary N) is 2. The predicted octanol–water partition coefficient (Wildman–Crippen LogP) is 1.22. The highest BCUT2D eigenvalue weighted by Crippen LogP contribution is 2.08. The maximum Gasteiger partial charge on any atom is 0.251 e. The van der Waals surface area contributed by atoms with Crippen molar-refractivity contribution in [3.05, 3.63) is 35.1 Å². The molecule has 0 aromatic heterocycles. The van der Waals surface area contributed by atoms with Crippen molar-refractivity contribution in [2.45, 2.75) is 6.92 Å². The molecule has 98 valence electrons. The monoisotopic (exact) mass is 272 g/mol. The second-order valence-corrected chi connectivity index (χ2v) is 3.97. The molecule has 0 atom stereocenters. The van der Waals surface area contributed by atoms with Crippen molar-refractivity contribution in [3.8, 4) is 0 Å². The number of hydrogen-bond acceptors (Lipinski definition) is 2. The zero-order chi connectivity index (χ0) is 13.5. The Morgan fingerprint density at radius 1 is 1.28 bits per heavy atom. The topological polar surface area (TPSA) is 58.2 Å². The lowest BCUT2D eigenvalue weighted by Gasteiger charge is -2.06. The fourth-order valence-electron chi connectivity index (χ4n) is 1.26. The summed E-state index contributed by atoms with van der Waals surface area (Å²) in [6.45, 7) is 2.17. The van der Waals surface area contributed by atoms with Crippen LogP contribution in [-0.2, 0) is 4.79 Å². The molecule has 0 bridgehead atoms. The third kappa shape index (κ3) is 4.33. The van der Waals surface area contributed by atoms with Crippen molar-refractivity contribution in [3.63, 3.8) is 0 Å². The van der Waals surface area contributed by atoms with Crippen LogP contribution < -0.4 is 10.6 Å². The Balaban J connectivity index is 2.41. The van der Waals surface area contributed by atoms with E-state index in [4.69, 9.17) is 11.6 Å². The molecule has 0 saturated carbocycles. The molecule has 1 rings (SSSR count). The number of benzene rings is 1.